The van der Waals surface area contributed by atoms with Crippen molar-refractivity contribution < 1.29 is 43.2 Å². The zero-order chi connectivity index (χ0) is 25.7. The van der Waals surface area contributed by atoms with E-state index < -0.39 is 52.5 Å². The van der Waals surface area contributed by atoms with E-state index in [0.29, 0.717) is 19.4 Å². The van der Waals surface area contributed by atoms with Crippen molar-refractivity contribution in [3.63, 3.8) is 0 Å². The van der Waals surface area contributed by atoms with Crippen LogP contribution in [0.25, 0.3) is 0 Å². The van der Waals surface area contributed by atoms with Crippen LogP contribution in [0.5, 0.6) is 0 Å². The molecule has 0 amide bonds. The van der Waals surface area contributed by atoms with Crippen molar-refractivity contribution in [2.24, 2.45) is 16.7 Å². The van der Waals surface area contributed by atoms with Crippen molar-refractivity contribution in [2.45, 2.75) is 76.5 Å². The van der Waals surface area contributed by atoms with Crippen LogP contribution in [0.3, 0.4) is 0 Å². The van der Waals surface area contributed by atoms with Gasteiger partial charge in [-0.15, -0.1) is 0 Å². The fourth-order valence-corrected chi connectivity index (χ4v) is 6.65. The minimum atomic E-state index is -1.37. The van der Waals surface area contributed by atoms with Gasteiger partial charge in [0.05, 0.1) is 30.8 Å². The highest BCUT2D eigenvalue weighted by Gasteiger charge is 2.83. The molecule has 9 nitrogen and oxygen atoms in total. The zero-order valence-corrected chi connectivity index (χ0v) is 20.9. The van der Waals surface area contributed by atoms with Gasteiger partial charge in [-0.2, -0.15) is 0 Å². The molecule has 0 aromatic rings. The first kappa shape index (κ1) is 25.2. The van der Waals surface area contributed by atoms with Gasteiger partial charge in [0.2, 0.25) is 0 Å². The molecule has 0 unspecified atom stereocenters. The largest absolute Gasteiger partial charge is 0.463 e. The van der Waals surface area contributed by atoms with Gasteiger partial charge in [-0.1, -0.05) is 37.6 Å². The van der Waals surface area contributed by atoms with Gasteiger partial charge in [0.25, 0.3) is 0 Å². The Balaban J connectivity index is 1.52. The highest BCUT2D eigenvalue weighted by Crippen LogP contribution is 2.72. The molecule has 0 aromatic carbocycles. The zero-order valence-electron chi connectivity index (χ0n) is 20.9. The van der Waals surface area contributed by atoms with Crippen LogP contribution in [0.1, 0.15) is 46.5 Å². The van der Waals surface area contributed by atoms with Crippen LogP contribution in [0.4, 0.5) is 0 Å². The molecular formula is C27H34O9. The molecule has 196 valence electrons. The molecule has 3 fully saturated rings. The Morgan fingerprint density at radius 3 is 2.47 bits per heavy atom. The topological polar surface area (TPSA) is 121 Å². The molecule has 0 aromatic heterocycles. The second-order valence-electron chi connectivity index (χ2n) is 11.0. The monoisotopic (exact) mass is 502 g/mol. The predicted octanol–water partition coefficient (Wildman–Crippen LogP) is 2.17. The van der Waals surface area contributed by atoms with E-state index >= 15 is 0 Å². The third-order valence-corrected chi connectivity index (χ3v) is 9.12. The molecule has 2 aliphatic carbocycles. The average Bonchev–Trinajstić information content (AvgIpc) is 3.62. The summed E-state index contributed by atoms with van der Waals surface area (Å²) in [7, 11) is 0. The van der Waals surface area contributed by atoms with Crippen molar-refractivity contribution in [3.05, 3.63) is 36.0 Å². The van der Waals surface area contributed by atoms with Crippen LogP contribution in [0.15, 0.2) is 36.0 Å². The van der Waals surface area contributed by atoms with Crippen molar-refractivity contribution >= 4 is 17.9 Å². The van der Waals surface area contributed by atoms with Crippen LogP contribution in [0, 0.1) is 16.7 Å². The molecule has 2 spiro atoms. The molecule has 36 heavy (non-hydrogen) atoms. The van der Waals surface area contributed by atoms with Gasteiger partial charge in [0, 0.05) is 24.0 Å². The van der Waals surface area contributed by atoms with Gasteiger partial charge in [-0.3, -0.25) is 0 Å². The Bertz CT molecular complexity index is 1020. The number of hydrogen-bond acceptors (Lipinski definition) is 9. The number of esters is 3. The minimum absolute atomic E-state index is 0.00000344. The van der Waals surface area contributed by atoms with Crippen molar-refractivity contribution in [3.8, 4) is 0 Å². The fraction of sp³-hybridized carbons (Fsp3) is 0.667. The molecule has 1 N–H and O–H groups in total. The standard InChI is InChI=1S/C27H34O9/c1-16-8-10-26-14-33-24(31)23(30)17(2)9-11-32-21(28)6-4-5-7-22(29)36-18-13-20(35-19(26)12-16)27(15-34-27)25(18,26)3/h4-7,12,17-20,23,30H,8-11,13-15H2,1-3H3/b6-4+,7-5+/t17-,18+,19+,20+,23-,25+,26+,27+/m0/s1. The number of epoxide rings is 1. The van der Waals surface area contributed by atoms with Crippen molar-refractivity contribution in [1.82, 2.24) is 0 Å². The maximum atomic E-state index is 12.9. The minimum Gasteiger partial charge on any atom is -0.463 e. The Kier molecular flexibility index (Phi) is 6.37. The van der Waals surface area contributed by atoms with E-state index in [1.165, 1.54) is 29.9 Å². The molecule has 5 rings (SSSR count). The summed E-state index contributed by atoms with van der Waals surface area (Å²) < 4.78 is 29.6. The highest BCUT2D eigenvalue weighted by molar-refractivity contribution is 5.84. The third kappa shape index (κ3) is 3.83. The second-order valence-corrected chi connectivity index (χ2v) is 11.0. The number of cyclic esters (lactones) is 2. The van der Waals surface area contributed by atoms with E-state index in [4.69, 9.17) is 23.7 Å². The van der Waals surface area contributed by atoms with Gasteiger partial charge in [0.1, 0.15) is 18.3 Å². The van der Waals surface area contributed by atoms with Gasteiger partial charge >= 0.3 is 17.9 Å². The molecule has 3 heterocycles. The summed E-state index contributed by atoms with van der Waals surface area (Å²) in [6.07, 6.45) is 7.11. The number of allylic oxidation sites excluding steroid dienone is 3. The first-order valence-electron chi connectivity index (χ1n) is 12.7. The summed E-state index contributed by atoms with van der Waals surface area (Å²) in [5.74, 6) is -2.34. The number of hydrogen-bond donors (Lipinski definition) is 1. The molecule has 3 aliphatic heterocycles. The summed E-state index contributed by atoms with van der Waals surface area (Å²) in [6, 6.07) is 0. The molecule has 5 aliphatic rings. The van der Waals surface area contributed by atoms with Crippen molar-refractivity contribution in [2.75, 3.05) is 19.8 Å². The molecular weight excluding hydrogens is 468 g/mol. The predicted molar refractivity (Wildman–Crippen MR) is 125 cm³/mol. The Morgan fingerprint density at radius 1 is 1.03 bits per heavy atom. The van der Waals surface area contributed by atoms with E-state index in [9.17, 15) is 19.5 Å². The Morgan fingerprint density at radius 2 is 1.75 bits per heavy atom. The molecule has 1 saturated carbocycles. The van der Waals surface area contributed by atoms with Crippen LogP contribution >= 0.6 is 0 Å². The number of aliphatic hydroxyl groups excluding tert-OH is 1. The first-order valence-corrected chi connectivity index (χ1v) is 12.7. The maximum Gasteiger partial charge on any atom is 0.335 e. The molecule has 2 saturated heterocycles. The van der Waals surface area contributed by atoms with Gasteiger partial charge in [-0.25, -0.2) is 14.4 Å². The van der Waals surface area contributed by atoms with E-state index in [2.05, 4.69) is 19.9 Å². The lowest BCUT2D eigenvalue weighted by Gasteiger charge is -2.58. The fourth-order valence-electron chi connectivity index (χ4n) is 6.65. The summed E-state index contributed by atoms with van der Waals surface area (Å²) in [6.45, 7) is 6.34. The number of carbonyl (C=O) groups excluding carboxylic acids is 3. The summed E-state index contributed by atoms with van der Waals surface area (Å²) in [4.78, 5) is 37.6. The molecule has 8 atom stereocenters. The lowest BCUT2D eigenvalue weighted by molar-refractivity contribution is -0.234. The number of rotatable bonds is 0. The summed E-state index contributed by atoms with van der Waals surface area (Å²) in [5.41, 5.74) is -0.820. The first-order chi connectivity index (χ1) is 17.1. The molecule has 2 bridgehead atoms. The van der Waals surface area contributed by atoms with Crippen molar-refractivity contribution in [1.29, 1.82) is 0 Å². The SMILES string of the molecule is CC1=C[C@H]2O[C@@H]3C[C@H]4OC(=O)/C=C/C=C/C(=O)OCC[C@H](C)[C@H](O)C(=O)OC[C@@]2(CC1)[C@]4(C)[C@@]31CO1. The Labute approximate surface area is 210 Å². The lowest BCUT2D eigenvalue weighted by Crippen LogP contribution is -2.66. The average molecular weight is 503 g/mol. The van der Waals surface area contributed by atoms with E-state index in [1.54, 1.807) is 6.92 Å². The number of aliphatic hydroxyl groups is 1. The van der Waals surface area contributed by atoms with Crippen LogP contribution < -0.4 is 0 Å². The summed E-state index contributed by atoms with van der Waals surface area (Å²) in [5, 5.41) is 10.6. The molecule has 0 radical (unpaired) electrons. The van der Waals surface area contributed by atoms with E-state index in [-0.39, 0.29) is 31.8 Å². The third-order valence-electron chi connectivity index (χ3n) is 9.12. The van der Waals surface area contributed by atoms with Gasteiger partial charge in [-0.05, 0) is 32.1 Å². The number of carbonyl (C=O) groups is 3. The van der Waals surface area contributed by atoms with Gasteiger partial charge < -0.3 is 28.8 Å². The smallest absolute Gasteiger partial charge is 0.335 e. The number of ether oxygens (including phenoxy) is 5. The maximum absolute atomic E-state index is 12.9. The van der Waals surface area contributed by atoms with Gasteiger partial charge in [0.15, 0.2) is 6.10 Å². The Hall–Kier alpha value is -2.49. The summed E-state index contributed by atoms with van der Waals surface area (Å²) >= 11 is 0. The van der Waals surface area contributed by atoms with Crippen LogP contribution in [-0.4, -0.2) is 72.9 Å². The highest BCUT2D eigenvalue weighted by atomic mass is 16.6. The van der Waals surface area contributed by atoms with E-state index in [1.807, 2.05) is 0 Å². The van der Waals surface area contributed by atoms with Crippen LogP contribution in [0.2, 0.25) is 0 Å². The van der Waals surface area contributed by atoms with E-state index in [0.717, 1.165) is 6.42 Å². The van der Waals surface area contributed by atoms with Crippen LogP contribution in [-0.2, 0) is 38.1 Å². The normalized spacial score (nSPS) is 46.8. The molecule has 9 heteroatoms. The second kappa shape index (κ2) is 9.11. The quantitative estimate of drug-likeness (QED) is 0.230. The lowest BCUT2D eigenvalue weighted by atomic mass is 9.51.